The summed E-state index contributed by atoms with van der Waals surface area (Å²) in [6, 6.07) is 0.0356. The van der Waals surface area contributed by atoms with Gasteiger partial charge in [0.25, 0.3) is 0 Å². The third kappa shape index (κ3) is 2.77. The van der Waals surface area contributed by atoms with Crippen molar-refractivity contribution in [2.45, 2.75) is 39.2 Å². The number of thiazole rings is 1. The normalized spacial score (nSPS) is 18.2. The van der Waals surface area contributed by atoms with Crippen molar-refractivity contribution in [2.75, 3.05) is 6.54 Å². The molecule has 1 aliphatic rings. The number of carbonyl (C=O) groups is 1. The van der Waals surface area contributed by atoms with Crippen molar-refractivity contribution in [3.8, 4) is 0 Å². The van der Waals surface area contributed by atoms with Gasteiger partial charge < -0.3 is 4.90 Å². The highest BCUT2D eigenvalue weighted by atomic mass is 35.5. The van der Waals surface area contributed by atoms with Crippen LogP contribution in [0.1, 0.15) is 40.8 Å². The Morgan fingerprint density at radius 3 is 2.86 bits per heavy atom. The number of aryl methyl sites for hydroxylation is 3. The lowest BCUT2D eigenvalue weighted by atomic mass is 10.1. The monoisotopic (exact) mass is 338 g/mol. The molecular weight excluding hydrogens is 320 g/mol. The molecule has 1 saturated heterocycles. The van der Waals surface area contributed by atoms with Crippen LogP contribution in [0.5, 0.6) is 0 Å². The second kappa shape index (κ2) is 6.01. The summed E-state index contributed by atoms with van der Waals surface area (Å²) < 4.78 is 1.68. The molecule has 5 nitrogen and oxygen atoms in total. The first-order valence-electron chi connectivity index (χ1n) is 7.37. The zero-order valence-corrected chi connectivity index (χ0v) is 14.5. The Hall–Kier alpha value is -1.40. The number of hydrogen-bond donors (Lipinski definition) is 0. The van der Waals surface area contributed by atoms with Crippen molar-refractivity contribution in [1.29, 1.82) is 0 Å². The summed E-state index contributed by atoms with van der Waals surface area (Å²) in [5.74, 6) is 0.118. The van der Waals surface area contributed by atoms with Crippen molar-refractivity contribution in [2.24, 2.45) is 7.05 Å². The molecule has 22 heavy (non-hydrogen) atoms. The minimum absolute atomic E-state index is 0.0356. The molecule has 0 spiro atoms. The predicted octanol–water partition coefficient (Wildman–Crippen LogP) is 3.05. The third-order valence-electron chi connectivity index (χ3n) is 4.10. The van der Waals surface area contributed by atoms with Crippen LogP contribution in [0.3, 0.4) is 0 Å². The molecule has 3 rings (SSSR count). The number of likely N-dealkylation sites (tertiary alicyclic amines) is 1. The maximum atomic E-state index is 12.7. The van der Waals surface area contributed by atoms with Gasteiger partial charge >= 0.3 is 0 Å². The molecule has 7 heteroatoms. The molecule has 1 amide bonds. The van der Waals surface area contributed by atoms with Gasteiger partial charge in [0.05, 0.1) is 28.9 Å². The Morgan fingerprint density at radius 2 is 2.27 bits per heavy atom. The first-order valence-corrected chi connectivity index (χ1v) is 8.62. The van der Waals surface area contributed by atoms with Crippen LogP contribution in [-0.2, 0) is 18.3 Å². The van der Waals surface area contributed by atoms with Gasteiger partial charge in [-0.3, -0.25) is 9.48 Å². The molecule has 0 N–H and O–H groups in total. The first kappa shape index (κ1) is 15.5. The van der Waals surface area contributed by atoms with Crippen LogP contribution in [-0.4, -0.2) is 32.1 Å². The van der Waals surface area contributed by atoms with Crippen LogP contribution in [0.25, 0.3) is 0 Å². The lowest BCUT2D eigenvalue weighted by Gasteiger charge is -2.24. The number of carbonyl (C=O) groups excluding carboxylic acids is 1. The molecule has 0 bridgehead atoms. The van der Waals surface area contributed by atoms with Gasteiger partial charge in [0, 0.05) is 24.5 Å². The Morgan fingerprint density at radius 1 is 1.50 bits per heavy atom. The maximum Gasteiger partial charge on any atom is 0.229 e. The molecule has 1 fully saturated rings. The molecule has 2 aromatic heterocycles. The molecule has 0 aliphatic carbocycles. The molecule has 0 saturated carbocycles. The zero-order chi connectivity index (χ0) is 15.9. The Bertz CT molecular complexity index is 708. The topological polar surface area (TPSA) is 51.0 Å². The van der Waals surface area contributed by atoms with E-state index in [0.717, 1.165) is 41.3 Å². The van der Waals surface area contributed by atoms with E-state index >= 15 is 0 Å². The first-order chi connectivity index (χ1) is 10.5. The molecule has 0 radical (unpaired) electrons. The van der Waals surface area contributed by atoms with E-state index in [2.05, 4.69) is 10.1 Å². The van der Waals surface area contributed by atoms with E-state index in [4.69, 9.17) is 11.6 Å². The number of hydrogen-bond acceptors (Lipinski definition) is 4. The van der Waals surface area contributed by atoms with Gasteiger partial charge in [-0.25, -0.2) is 4.98 Å². The maximum absolute atomic E-state index is 12.7. The minimum atomic E-state index is 0.0356. The van der Waals surface area contributed by atoms with E-state index in [1.165, 1.54) is 0 Å². The second-order valence-electron chi connectivity index (χ2n) is 5.69. The molecule has 1 atom stereocenters. The zero-order valence-electron chi connectivity index (χ0n) is 13.0. The van der Waals surface area contributed by atoms with E-state index in [1.54, 1.807) is 16.0 Å². The fraction of sp³-hybridized carbons (Fsp3) is 0.533. The van der Waals surface area contributed by atoms with Gasteiger partial charge in [0.2, 0.25) is 5.91 Å². The van der Waals surface area contributed by atoms with Crippen LogP contribution >= 0.6 is 22.9 Å². The van der Waals surface area contributed by atoms with Gasteiger partial charge in [0.15, 0.2) is 0 Å². The van der Waals surface area contributed by atoms with Crippen LogP contribution in [0.15, 0.2) is 5.38 Å². The number of aromatic nitrogens is 3. The average Bonchev–Trinajstić information content (AvgIpc) is 3.12. The predicted molar refractivity (Wildman–Crippen MR) is 87.2 cm³/mol. The van der Waals surface area contributed by atoms with Gasteiger partial charge in [-0.05, 0) is 26.7 Å². The molecule has 2 aromatic rings. The van der Waals surface area contributed by atoms with Crippen molar-refractivity contribution in [3.63, 3.8) is 0 Å². The lowest BCUT2D eigenvalue weighted by molar-refractivity contribution is -0.131. The Kier molecular flexibility index (Phi) is 4.23. The lowest BCUT2D eigenvalue weighted by Crippen LogP contribution is -2.32. The van der Waals surface area contributed by atoms with Crippen LogP contribution in [0.4, 0.5) is 0 Å². The highest BCUT2D eigenvalue weighted by Gasteiger charge is 2.34. The van der Waals surface area contributed by atoms with Crippen molar-refractivity contribution < 1.29 is 4.79 Å². The quantitative estimate of drug-likeness (QED) is 0.864. The number of nitrogens with zero attached hydrogens (tertiary/aromatic N) is 4. The van der Waals surface area contributed by atoms with E-state index < -0.39 is 0 Å². The largest absolute Gasteiger partial charge is 0.335 e. The van der Waals surface area contributed by atoms with E-state index in [9.17, 15) is 4.79 Å². The summed E-state index contributed by atoms with van der Waals surface area (Å²) in [6.45, 7) is 4.68. The summed E-state index contributed by atoms with van der Waals surface area (Å²) in [6.07, 6.45) is 2.29. The summed E-state index contributed by atoms with van der Waals surface area (Å²) in [7, 11) is 1.83. The van der Waals surface area contributed by atoms with Crippen molar-refractivity contribution >= 4 is 28.8 Å². The highest BCUT2D eigenvalue weighted by Crippen LogP contribution is 2.37. The van der Waals surface area contributed by atoms with Crippen molar-refractivity contribution in [3.05, 3.63) is 32.5 Å². The van der Waals surface area contributed by atoms with Crippen LogP contribution < -0.4 is 0 Å². The number of rotatable bonds is 3. The van der Waals surface area contributed by atoms with E-state index in [1.807, 2.05) is 31.2 Å². The third-order valence-corrected chi connectivity index (χ3v) is 5.37. The SMILES string of the molecule is Cc1nc(CC(=O)N2CCC[C@@H]2c2c(C)nn(C)c2Cl)cs1. The molecule has 3 heterocycles. The summed E-state index contributed by atoms with van der Waals surface area (Å²) in [5.41, 5.74) is 2.75. The molecule has 0 unspecified atom stereocenters. The Labute approximate surface area is 138 Å². The van der Waals surface area contributed by atoms with Gasteiger partial charge in [-0.2, -0.15) is 5.10 Å². The Balaban J connectivity index is 1.82. The highest BCUT2D eigenvalue weighted by molar-refractivity contribution is 7.09. The van der Waals surface area contributed by atoms with Crippen LogP contribution in [0.2, 0.25) is 5.15 Å². The van der Waals surface area contributed by atoms with Gasteiger partial charge in [-0.15, -0.1) is 11.3 Å². The number of amides is 1. The standard InChI is InChI=1S/C15H19ClN4OS/c1-9-14(15(16)19(3)18-9)12-5-4-6-20(12)13(21)7-11-8-22-10(2)17-11/h8,12H,4-7H2,1-3H3/t12-/m1/s1. The second-order valence-corrected chi connectivity index (χ2v) is 7.11. The summed E-state index contributed by atoms with van der Waals surface area (Å²) >= 11 is 7.96. The molecule has 1 aliphatic heterocycles. The minimum Gasteiger partial charge on any atom is -0.335 e. The smallest absolute Gasteiger partial charge is 0.229 e. The van der Waals surface area contributed by atoms with Crippen LogP contribution in [0, 0.1) is 13.8 Å². The summed E-state index contributed by atoms with van der Waals surface area (Å²) in [5, 5.41) is 7.96. The van der Waals surface area contributed by atoms with E-state index in [-0.39, 0.29) is 11.9 Å². The van der Waals surface area contributed by atoms with E-state index in [0.29, 0.717) is 11.6 Å². The fourth-order valence-electron chi connectivity index (χ4n) is 3.14. The average molecular weight is 339 g/mol. The molecule has 118 valence electrons. The van der Waals surface area contributed by atoms with Gasteiger partial charge in [-0.1, -0.05) is 11.6 Å². The number of halogens is 1. The van der Waals surface area contributed by atoms with Gasteiger partial charge in [0.1, 0.15) is 5.15 Å². The molecular formula is C15H19ClN4OS. The summed E-state index contributed by atoms with van der Waals surface area (Å²) in [4.78, 5) is 19.0. The molecule has 0 aromatic carbocycles. The van der Waals surface area contributed by atoms with Crippen molar-refractivity contribution in [1.82, 2.24) is 19.7 Å². The fourth-order valence-corrected chi connectivity index (χ4v) is 4.05.